The first-order valence-corrected chi connectivity index (χ1v) is 7.71. The normalized spacial score (nSPS) is 18.1. The van der Waals surface area contributed by atoms with Gasteiger partial charge in [-0.15, -0.1) is 0 Å². The van der Waals surface area contributed by atoms with Crippen molar-refractivity contribution in [3.63, 3.8) is 0 Å². The standard InChI is InChI=1S/C12H14ClN3O2S/c13-11-3-1-2-4-12(11)19(17,18)16-9-7-15(6-5-14)8-10-16/h1-4H,6-10H2. The second-order valence-electron chi connectivity index (χ2n) is 4.27. The Hall–Kier alpha value is -1.13. The largest absolute Gasteiger partial charge is 0.288 e. The maximum atomic E-state index is 12.4. The monoisotopic (exact) mass is 299 g/mol. The van der Waals surface area contributed by atoms with Crippen LogP contribution in [0.25, 0.3) is 0 Å². The number of rotatable bonds is 3. The minimum absolute atomic E-state index is 0.144. The van der Waals surface area contributed by atoms with Gasteiger partial charge in [0.05, 0.1) is 17.6 Å². The highest BCUT2D eigenvalue weighted by Crippen LogP contribution is 2.24. The third-order valence-electron chi connectivity index (χ3n) is 3.08. The van der Waals surface area contributed by atoms with Gasteiger partial charge in [0.15, 0.2) is 0 Å². The molecule has 0 N–H and O–H groups in total. The van der Waals surface area contributed by atoms with Crippen molar-refractivity contribution < 1.29 is 8.42 Å². The minimum atomic E-state index is -3.54. The predicted molar refractivity (Wildman–Crippen MR) is 72.3 cm³/mol. The zero-order chi connectivity index (χ0) is 13.9. The molecule has 1 aliphatic heterocycles. The van der Waals surface area contributed by atoms with Crippen molar-refractivity contribution in [3.8, 4) is 6.07 Å². The second-order valence-corrected chi connectivity index (χ2v) is 6.58. The van der Waals surface area contributed by atoms with Gasteiger partial charge in [0.2, 0.25) is 10.0 Å². The molecule has 1 aromatic rings. The summed E-state index contributed by atoms with van der Waals surface area (Å²) < 4.78 is 26.3. The lowest BCUT2D eigenvalue weighted by Crippen LogP contribution is -2.48. The van der Waals surface area contributed by atoms with E-state index in [1.165, 1.54) is 10.4 Å². The molecule has 1 heterocycles. The van der Waals surface area contributed by atoms with E-state index in [1.807, 2.05) is 4.90 Å². The first-order valence-electron chi connectivity index (χ1n) is 5.89. The molecule has 1 aromatic carbocycles. The molecule has 1 fully saturated rings. The number of halogens is 1. The quantitative estimate of drug-likeness (QED) is 0.786. The summed E-state index contributed by atoms with van der Waals surface area (Å²) in [7, 11) is -3.54. The van der Waals surface area contributed by atoms with Crippen LogP contribution < -0.4 is 0 Å². The Kier molecular flexibility index (Phi) is 4.42. The van der Waals surface area contributed by atoms with Gasteiger partial charge in [-0.25, -0.2) is 8.42 Å². The predicted octanol–water partition coefficient (Wildman–Crippen LogP) is 1.17. The highest BCUT2D eigenvalue weighted by atomic mass is 35.5. The molecule has 0 atom stereocenters. The van der Waals surface area contributed by atoms with Crippen molar-refractivity contribution in [1.82, 2.24) is 9.21 Å². The Bertz CT molecular complexity index is 589. The average molecular weight is 300 g/mol. The van der Waals surface area contributed by atoms with Gasteiger partial charge in [0.1, 0.15) is 4.90 Å². The van der Waals surface area contributed by atoms with Gasteiger partial charge >= 0.3 is 0 Å². The lowest BCUT2D eigenvalue weighted by Gasteiger charge is -2.32. The first-order chi connectivity index (χ1) is 9.05. The molecule has 0 bridgehead atoms. The molecule has 2 rings (SSSR count). The summed E-state index contributed by atoms with van der Waals surface area (Å²) in [6.07, 6.45) is 0. The highest BCUT2D eigenvalue weighted by molar-refractivity contribution is 7.89. The van der Waals surface area contributed by atoms with E-state index in [2.05, 4.69) is 6.07 Å². The van der Waals surface area contributed by atoms with E-state index in [-0.39, 0.29) is 9.92 Å². The fourth-order valence-corrected chi connectivity index (χ4v) is 3.94. The van der Waals surface area contributed by atoms with Crippen LogP contribution in [0.2, 0.25) is 5.02 Å². The Balaban J connectivity index is 2.15. The maximum Gasteiger partial charge on any atom is 0.244 e. The number of sulfonamides is 1. The molecule has 0 unspecified atom stereocenters. The Morgan fingerprint density at radius 2 is 1.84 bits per heavy atom. The van der Waals surface area contributed by atoms with Crippen molar-refractivity contribution >= 4 is 21.6 Å². The molecule has 0 aromatic heterocycles. The molecule has 7 heteroatoms. The van der Waals surface area contributed by atoms with Crippen LogP contribution in [0.3, 0.4) is 0 Å². The average Bonchev–Trinajstić information content (AvgIpc) is 2.40. The van der Waals surface area contributed by atoms with E-state index in [1.54, 1.807) is 18.2 Å². The van der Waals surface area contributed by atoms with Gasteiger partial charge < -0.3 is 0 Å². The summed E-state index contributed by atoms with van der Waals surface area (Å²) in [4.78, 5) is 2.07. The molecule has 0 aliphatic carbocycles. The second kappa shape index (κ2) is 5.88. The SMILES string of the molecule is N#CCN1CCN(S(=O)(=O)c2ccccc2Cl)CC1. The van der Waals surface area contributed by atoms with Crippen LogP contribution in [0.1, 0.15) is 0 Å². The van der Waals surface area contributed by atoms with E-state index in [4.69, 9.17) is 16.9 Å². The van der Waals surface area contributed by atoms with Crippen LogP contribution in [0.15, 0.2) is 29.2 Å². The summed E-state index contributed by atoms with van der Waals surface area (Å²) in [5.74, 6) is 0. The molecule has 0 amide bonds. The van der Waals surface area contributed by atoms with Crippen molar-refractivity contribution in [2.45, 2.75) is 4.90 Å². The lowest BCUT2D eigenvalue weighted by atomic mass is 10.4. The van der Waals surface area contributed by atoms with Crippen molar-refractivity contribution in [2.24, 2.45) is 0 Å². The lowest BCUT2D eigenvalue weighted by molar-refractivity contribution is 0.206. The summed E-state index contributed by atoms with van der Waals surface area (Å²) in [5, 5.41) is 8.86. The smallest absolute Gasteiger partial charge is 0.244 e. The van der Waals surface area contributed by atoms with Crippen molar-refractivity contribution in [1.29, 1.82) is 5.26 Å². The van der Waals surface area contributed by atoms with Crippen molar-refractivity contribution in [2.75, 3.05) is 32.7 Å². The zero-order valence-electron chi connectivity index (χ0n) is 10.3. The topological polar surface area (TPSA) is 64.4 Å². The number of piperazine rings is 1. The fourth-order valence-electron chi connectivity index (χ4n) is 2.02. The van der Waals surface area contributed by atoms with Gasteiger partial charge in [-0.05, 0) is 12.1 Å². The molecule has 0 spiro atoms. The van der Waals surface area contributed by atoms with E-state index < -0.39 is 10.0 Å². The zero-order valence-corrected chi connectivity index (χ0v) is 11.9. The maximum absolute atomic E-state index is 12.4. The third-order valence-corrected chi connectivity index (χ3v) is 5.48. The molecular weight excluding hydrogens is 286 g/mol. The fraction of sp³-hybridized carbons (Fsp3) is 0.417. The van der Waals surface area contributed by atoms with E-state index >= 15 is 0 Å². The molecular formula is C12H14ClN3O2S. The number of nitriles is 1. The summed E-state index contributed by atoms with van der Waals surface area (Å²) in [5.41, 5.74) is 0. The van der Waals surface area contributed by atoms with Crippen molar-refractivity contribution in [3.05, 3.63) is 29.3 Å². The number of hydrogen-bond donors (Lipinski definition) is 0. The first kappa shape index (κ1) is 14.3. The Morgan fingerprint density at radius 1 is 1.21 bits per heavy atom. The summed E-state index contributed by atoms with van der Waals surface area (Å²) >= 11 is 5.95. The molecule has 0 radical (unpaired) electrons. The van der Waals surface area contributed by atoms with E-state index in [9.17, 15) is 8.42 Å². The van der Waals surface area contributed by atoms with Crippen LogP contribution in [0.4, 0.5) is 0 Å². The molecule has 1 saturated heterocycles. The van der Waals surface area contributed by atoms with Gasteiger partial charge in [-0.3, -0.25) is 4.90 Å². The van der Waals surface area contributed by atoms with Gasteiger partial charge in [-0.1, -0.05) is 23.7 Å². The minimum Gasteiger partial charge on any atom is -0.288 e. The highest BCUT2D eigenvalue weighted by Gasteiger charge is 2.29. The summed E-state index contributed by atoms with van der Waals surface area (Å²) in [6, 6.07) is 8.51. The van der Waals surface area contributed by atoms with E-state index in [0.717, 1.165) is 0 Å². The van der Waals surface area contributed by atoms with Gasteiger partial charge in [-0.2, -0.15) is 9.57 Å². The molecule has 102 valence electrons. The third kappa shape index (κ3) is 3.07. The Morgan fingerprint density at radius 3 is 2.42 bits per heavy atom. The van der Waals surface area contributed by atoms with Gasteiger partial charge in [0, 0.05) is 26.2 Å². The number of hydrogen-bond acceptors (Lipinski definition) is 4. The van der Waals surface area contributed by atoms with Crippen LogP contribution in [-0.4, -0.2) is 50.3 Å². The van der Waals surface area contributed by atoms with Crippen LogP contribution in [-0.2, 0) is 10.0 Å². The van der Waals surface area contributed by atoms with Crippen LogP contribution in [0.5, 0.6) is 0 Å². The molecule has 1 aliphatic rings. The van der Waals surface area contributed by atoms with Gasteiger partial charge in [0.25, 0.3) is 0 Å². The van der Waals surface area contributed by atoms with Crippen LogP contribution in [0, 0.1) is 11.3 Å². The molecule has 19 heavy (non-hydrogen) atoms. The summed E-state index contributed by atoms with van der Waals surface area (Å²) in [6.45, 7) is 2.24. The van der Waals surface area contributed by atoms with Crippen LogP contribution >= 0.6 is 11.6 Å². The molecule has 0 saturated carbocycles. The number of benzene rings is 1. The van der Waals surface area contributed by atoms with E-state index in [0.29, 0.717) is 32.7 Å². The molecule has 5 nitrogen and oxygen atoms in total. The number of nitrogens with zero attached hydrogens (tertiary/aromatic N) is 3. The Labute approximate surface area is 118 Å².